The van der Waals surface area contributed by atoms with Gasteiger partial charge in [0.1, 0.15) is 5.82 Å². The second-order valence-electron chi connectivity index (χ2n) is 4.65. The fraction of sp³-hybridized carbons (Fsp3) is 0.571. The molecule has 1 aromatic carbocycles. The van der Waals surface area contributed by atoms with Crippen molar-refractivity contribution >= 4 is 0 Å². The summed E-state index contributed by atoms with van der Waals surface area (Å²) >= 11 is 0. The third-order valence-corrected chi connectivity index (χ3v) is 3.21. The molecule has 114 valence electrons. The van der Waals surface area contributed by atoms with Gasteiger partial charge in [-0.1, -0.05) is 13.8 Å². The van der Waals surface area contributed by atoms with Crippen LogP contribution in [-0.2, 0) is 6.18 Å². The highest BCUT2D eigenvalue weighted by Gasteiger charge is 2.32. The molecule has 6 heteroatoms. The van der Waals surface area contributed by atoms with E-state index in [2.05, 4.69) is 0 Å². The molecule has 0 aliphatic carbocycles. The normalized spacial score (nSPS) is 13.8. The lowest BCUT2D eigenvalue weighted by Crippen LogP contribution is -2.34. The van der Waals surface area contributed by atoms with Crippen LogP contribution in [0.5, 0.6) is 0 Å². The van der Waals surface area contributed by atoms with E-state index in [1.54, 1.807) is 0 Å². The highest BCUT2D eigenvalue weighted by Crippen LogP contribution is 2.32. The van der Waals surface area contributed by atoms with Crippen LogP contribution in [0.2, 0.25) is 0 Å². The molecule has 0 aliphatic heterocycles. The zero-order chi connectivity index (χ0) is 15.3. The summed E-state index contributed by atoms with van der Waals surface area (Å²) in [7, 11) is 0. The number of hydrogen-bond donors (Lipinski definition) is 1. The van der Waals surface area contributed by atoms with Crippen molar-refractivity contribution in [2.45, 2.75) is 32.5 Å². The maximum absolute atomic E-state index is 13.4. The van der Waals surface area contributed by atoms with E-state index < -0.39 is 23.6 Å². The molecule has 20 heavy (non-hydrogen) atoms. The van der Waals surface area contributed by atoms with Crippen LogP contribution in [0.25, 0.3) is 0 Å². The summed E-state index contributed by atoms with van der Waals surface area (Å²) in [5, 5.41) is 0. The van der Waals surface area contributed by atoms with Crippen LogP contribution in [0.3, 0.4) is 0 Å². The number of alkyl halides is 3. The maximum atomic E-state index is 13.4. The largest absolute Gasteiger partial charge is 0.416 e. The Kier molecular flexibility index (Phi) is 5.95. The molecule has 2 nitrogen and oxygen atoms in total. The molecular formula is C14H20F4N2. The van der Waals surface area contributed by atoms with Crippen LogP contribution in [0.15, 0.2) is 18.2 Å². The number of rotatable bonds is 6. The average molecular weight is 292 g/mol. The summed E-state index contributed by atoms with van der Waals surface area (Å²) in [5.74, 6) is -0.888. The van der Waals surface area contributed by atoms with E-state index in [4.69, 9.17) is 5.73 Å². The van der Waals surface area contributed by atoms with E-state index in [0.717, 1.165) is 18.6 Å². The molecule has 0 saturated carbocycles. The van der Waals surface area contributed by atoms with E-state index in [9.17, 15) is 17.6 Å². The van der Waals surface area contributed by atoms with E-state index in [-0.39, 0.29) is 12.1 Å². The number of likely N-dealkylation sites (N-methyl/N-ethyl adjacent to an activating group) is 1. The monoisotopic (exact) mass is 292 g/mol. The van der Waals surface area contributed by atoms with E-state index in [0.29, 0.717) is 19.2 Å². The predicted molar refractivity (Wildman–Crippen MR) is 70.7 cm³/mol. The first-order chi connectivity index (χ1) is 9.33. The van der Waals surface area contributed by atoms with Gasteiger partial charge in [0.15, 0.2) is 0 Å². The van der Waals surface area contributed by atoms with Crippen molar-refractivity contribution in [2.75, 3.05) is 19.6 Å². The van der Waals surface area contributed by atoms with Gasteiger partial charge in [0, 0.05) is 12.6 Å². The van der Waals surface area contributed by atoms with Gasteiger partial charge >= 0.3 is 6.18 Å². The summed E-state index contributed by atoms with van der Waals surface area (Å²) in [6.07, 6.45) is -3.70. The summed E-state index contributed by atoms with van der Waals surface area (Å²) in [6.45, 7) is 5.38. The van der Waals surface area contributed by atoms with Crippen molar-refractivity contribution in [3.05, 3.63) is 35.1 Å². The quantitative estimate of drug-likeness (QED) is 0.812. The fourth-order valence-corrected chi connectivity index (χ4v) is 2.29. The number of nitrogens with two attached hydrogens (primary N) is 1. The molecule has 1 atom stereocenters. The Morgan fingerprint density at radius 1 is 1.20 bits per heavy atom. The minimum absolute atomic E-state index is 0.147. The Morgan fingerprint density at radius 2 is 1.85 bits per heavy atom. The van der Waals surface area contributed by atoms with Crippen molar-refractivity contribution < 1.29 is 17.6 Å². The van der Waals surface area contributed by atoms with Gasteiger partial charge in [0.2, 0.25) is 0 Å². The molecule has 1 rings (SSSR count). The molecule has 0 aliphatic rings. The van der Waals surface area contributed by atoms with Crippen molar-refractivity contribution in [1.82, 2.24) is 4.90 Å². The van der Waals surface area contributed by atoms with Crippen LogP contribution in [-0.4, -0.2) is 24.5 Å². The molecule has 0 bridgehead atoms. The van der Waals surface area contributed by atoms with Crippen LogP contribution < -0.4 is 5.73 Å². The number of halogens is 4. The highest BCUT2D eigenvalue weighted by molar-refractivity contribution is 5.29. The summed E-state index contributed by atoms with van der Waals surface area (Å²) in [6, 6.07) is 2.22. The van der Waals surface area contributed by atoms with Gasteiger partial charge < -0.3 is 5.73 Å². The summed E-state index contributed by atoms with van der Waals surface area (Å²) in [5.41, 5.74) is 4.98. The molecule has 0 heterocycles. The number of nitrogens with zero attached hydrogens (tertiary/aromatic N) is 1. The Hall–Kier alpha value is -1.14. The SMILES string of the molecule is CCCN(CC)C(CN)c1cc(F)cc(C(F)(F)F)c1. The highest BCUT2D eigenvalue weighted by atomic mass is 19.4. The van der Waals surface area contributed by atoms with Crippen molar-refractivity contribution in [2.24, 2.45) is 5.73 Å². The van der Waals surface area contributed by atoms with E-state index in [1.165, 1.54) is 0 Å². The molecule has 0 fully saturated rings. The topological polar surface area (TPSA) is 29.3 Å². The first-order valence-corrected chi connectivity index (χ1v) is 6.65. The van der Waals surface area contributed by atoms with Crippen LogP contribution >= 0.6 is 0 Å². The minimum Gasteiger partial charge on any atom is -0.329 e. The van der Waals surface area contributed by atoms with Gasteiger partial charge in [-0.25, -0.2) is 4.39 Å². The van der Waals surface area contributed by atoms with Gasteiger partial charge in [-0.05, 0) is 43.3 Å². The molecule has 0 amide bonds. The number of hydrogen-bond acceptors (Lipinski definition) is 2. The molecule has 0 aromatic heterocycles. The van der Waals surface area contributed by atoms with Gasteiger partial charge in [-0.2, -0.15) is 13.2 Å². The molecule has 1 unspecified atom stereocenters. The molecule has 0 saturated heterocycles. The van der Waals surface area contributed by atoms with Gasteiger partial charge in [0.25, 0.3) is 0 Å². The Labute approximate surface area is 116 Å². The van der Waals surface area contributed by atoms with Crippen molar-refractivity contribution in [1.29, 1.82) is 0 Å². The van der Waals surface area contributed by atoms with Crippen LogP contribution in [0, 0.1) is 5.82 Å². The number of benzene rings is 1. The lowest BCUT2D eigenvalue weighted by molar-refractivity contribution is -0.137. The zero-order valence-electron chi connectivity index (χ0n) is 11.7. The Morgan fingerprint density at radius 3 is 2.30 bits per heavy atom. The predicted octanol–water partition coefficient (Wildman–Crippen LogP) is 3.58. The van der Waals surface area contributed by atoms with Crippen molar-refractivity contribution in [3.63, 3.8) is 0 Å². The first-order valence-electron chi connectivity index (χ1n) is 6.65. The summed E-state index contributed by atoms with van der Waals surface area (Å²) < 4.78 is 51.7. The van der Waals surface area contributed by atoms with Crippen molar-refractivity contribution in [3.8, 4) is 0 Å². The van der Waals surface area contributed by atoms with E-state index >= 15 is 0 Å². The second kappa shape index (κ2) is 7.04. The summed E-state index contributed by atoms with van der Waals surface area (Å²) in [4.78, 5) is 1.95. The fourth-order valence-electron chi connectivity index (χ4n) is 2.29. The first kappa shape index (κ1) is 16.9. The van der Waals surface area contributed by atoms with Crippen LogP contribution in [0.1, 0.15) is 37.4 Å². The second-order valence-corrected chi connectivity index (χ2v) is 4.65. The third kappa shape index (κ3) is 4.18. The lowest BCUT2D eigenvalue weighted by Gasteiger charge is -2.30. The minimum atomic E-state index is -4.56. The van der Waals surface area contributed by atoms with E-state index in [1.807, 2.05) is 18.7 Å². The lowest BCUT2D eigenvalue weighted by atomic mass is 10.0. The van der Waals surface area contributed by atoms with Gasteiger partial charge in [-0.15, -0.1) is 0 Å². The molecular weight excluding hydrogens is 272 g/mol. The molecule has 1 aromatic rings. The molecule has 0 radical (unpaired) electrons. The average Bonchev–Trinajstić information content (AvgIpc) is 2.37. The Bertz CT molecular complexity index is 432. The third-order valence-electron chi connectivity index (χ3n) is 3.21. The van der Waals surface area contributed by atoms with Gasteiger partial charge in [-0.3, -0.25) is 4.90 Å². The van der Waals surface area contributed by atoms with Gasteiger partial charge in [0.05, 0.1) is 5.56 Å². The van der Waals surface area contributed by atoms with Crippen LogP contribution in [0.4, 0.5) is 17.6 Å². The molecule has 2 N–H and O–H groups in total. The molecule has 0 spiro atoms. The standard InChI is InChI=1S/C14H20F4N2/c1-3-5-20(4-2)13(9-19)10-6-11(14(16,17)18)8-12(15)7-10/h6-8,13H,3-5,9,19H2,1-2H3. The maximum Gasteiger partial charge on any atom is 0.416 e. The smallest absolute Gasteiger partial charge is 0.329 e. The zero-order valence-corrected chi connectivity index (χ0v) is 11.7. The Balaban J connectivity index is 3.18.